The van der Waals surface area contributed by atoms with E-state index in [9.17, 15) is 47.5 Å². The summed E-state index contributed by atoms with van der Waals surface area (Å²) in [5, 5.41) is 3.73. The van der Waals surface area contributed by atoms with Gasteiger partial charge in [-0.15, -0.1) is 0 Å². The Morgan fingerprint density at radius 3 is 0.972 bits per heavy atom. The molecule has 734 valence electrons. The van der Waals surface area contributed by atoms with E-state index in [4.69, 9.17) is 74.9 Å². The van der Waals surface area contributed by atoms with Crippen molar-refractivity contribution in [3.8, 4) is 107 Å². The number of fused-ring (bicyclic) bond motifs is 15. The number of hydrogen-bond acceptors (Lipinski definition) is 25. The van der Waals surface area contributed by atoms with Crippen LogP contribution in [0.15, 0.2) is 223 Å². The van der Waals surface area contributed by atoms with Crippen LogP contribution in [0.5, 0.6) is 51.7 Å². The molecule has 0 unspecified atom stereocenters. The van der Waals surface area contributed by atoms with E-state index >= 15 is 0 Å². The molecule has 0 amide bonds. The number of H-pyrrole nitrogens is 2. The fourth-order valence-corrected chi connectivity index (χ4v) is 20.2. The molecule has 0 saturated carbocycles. The molecular weight excluding hydrogens is 1910 g/mol. The average Bonchev–Trinajstić information content (AvgIpc) is 1.74. The number of phosphoric ester groups is 3. The molecule has 4 aliphatic heterocycles. The third kappa shape index (κ3) is 23.5. The van der Waals surface area contributed by atoms with Gasteiger partial charge in [-0.1, -0.05) is 84.9 Å². The zero-order chi connectivity index (χ0) is 101. The van der Waals surface area contributed by atoms with Crippen molar-refractivity contribution >= 4 is 89.0 Å². The van der Waals surface area contributed by atoms with E-state index in [0.717, 1.165) is 108 Å². The summed E-state index contributed by atoms with van der Waals surface area (Å²) in [4.78, 5) is 113. The van der Waals surface area contributed by atoms with Crippen LogP contribution in [0.1, 0.15) is 91.6 Å². The molecule has 16 aromatic rings. The molecule has 10 heterocycles. The van der Waals surface area contributed by atoms with Crippen LogP contribution >= 0.6 is 23.5 Å². The van der Waals surface area contributed by atoms with Gasteiger partial charge in [-0.3, -0.25) is 42.1 Å². The van der Waals surface area contributed by atoms with E-state index in [1.807, 2.05) is 126 Å². The Hall–Kier alpha value is -11.7. The Bertz CT molecular complexity index is 7810. The summed E-state index contributed by atoms with van der Waals surface area (Å²) in [6.45, 7) is 21.2. The minimum absolute atomic E-state index is 0. The molecule has 0 fully saturated rings. The van der Waals surface area contributed by atoms with Gasteiger partial charge in [0.05, 0.1) is 142 Å². The van der Waals surface area contributed by atoms with Gasteiger partial charge >= 0.3 is 74.8 Å². The van der Waals surface area contributed by atoms with Gasteiger partial charge in [-0.25, -0.2) is 9.13 Å². The van der Waals surface area contributed by atoms with Crippen molar-refractivity contribution < 1.29 is 162 Å². The monoisotopic (exact) mass is 2020 g/mol. The van der Waals surface area contributed by atoms with Gasteiger partial charge in [-0.2, -0.15) is 0 Å². The smallest absolute Gasteiger partial charge is 0.790 e. The van der Waals surface area contributed by atoms with Crippen LogP contribution in [0.4, 0.5) is 0 Å². The predicted molar refractivity (Wildman–Crippen MR) is 536 cm³/mol. The van der Waals surface area contributed by atoms with Crippen molar-refractivity contribution in [3.63, 3.8) is 0 Å². The summed E-state index contributed by atoms with van der Waals surface area (Å²) in [6.07, 6.45) is 12.9. The van der Waals surface area contributed by atoms with Crippen molar-refractivity contribution in [2.24, 2.45) is 0 Å². The number of ether oxygens (including phenoxy) is 9. The van der Waals surface area contributed by atoms with E-state index in [1.54, 1.807) is 173 Å². The molecule has 4 aliphatic rings. The first-order valence-corrected chi connectivity index (χ1v) is 49.6. The normalized spacial score (nSPS) is 13.0. The largest absolute Gasteiger partial charge is 1.00 e. The Balaban J connectivity index is 0.000000143. The number of pyridine rings is 5. The molecule has 4 N–H and O–H groups in total. The van der Waals surface area contributed by atoms with Crippen molar-refractivity contribution in [3.05, 3.63) is 296 Å². The maximum atomic E-state index is 13.8. The number of furan rings is 1. The topological polar surface area (TPSA) is 412 Å². The van der Waals surface area contributed by atoms with Gasteiger partial charge in [-0.05, 0) is 227 Å². The van der Waals surface area contributed by atoms with Crippen molar-refractivity contribution in [2.75, 3.05) is 62.0 Å². The van der Waals surface area contributed by atoms with Crippen LogP contribution in [-0.2, 0) is 82.2 Å². The molecule has 0 spiro atoms. The Morgan fingerprint density at radius 2 is 0.650 bits per heavy atom. The second-order valence-electron chi connectivity index (χ2n) is 36.1. The molecule has 37 heteroatoms. The summed E-state index contributed by atoms with van der Waals surface area (Å²) >= 11 is 0. The number of hydrogen-bond donors (Lipinski definition) is 4. The molecule has 0 atom stereocenters. The number of rotatable bonds is 21. The standard InChI is InChI=1S/C28H36NO7P.2C20H20NO7P.C19H17NO3.C19H15NO3.2Na/c1-18-15-20-13-14-33-26(20)24-23(18)25(30)22(19-9-11-21(32-8)12-10-19)16-29(24)17-34-37(31,35-27(2,3)4)36-28(5,6)7;2*1-12-9-14-7-8-27-20(14)18-17(12)19(22)16(10-21(18)11-28-29(23,24)25)13-3-5-15(26-2)6-4-13;2*1-11-9-13-7-8-23-19(13)17-16(11)18(21)15(10-20-17)12-3-5-14(22-2)6-4-12;;/h9-12,15-16H,13-14,17H2,1-8H3;2*3-6,9-10H,7-8,11H2,1-2H3,(H2,23,24,25);3-6,9-10H,7-8H2,1-2H3,(H,20,21);3-10H,1-2H3,(H,20,21);;/q;;;;;2*+1/p-2. The summed E-state index contributed by atoms with van der Waals surface area (Å²) in [5.74, 6) is 6.05. The van der Waals surface area contributed by atoms with Crippen LogP contribution < -0.4 is 139 Å². The first kappa shape index (κ1) is 107. The Morgan fingerprint density at radius 1 is 0.371 bits per heavy atom. The Kier molecular flexibility index (Phi) is 33.0. The zero-order valence-electron chi connectivity index (χ0n) is 82.5. The fourth-order valence-electron chi connectivity index (χ4n) is 17.9. The molecular formula is C106H106N5Na2O27P3. The molecule has 143 heavy (non-hydrogen) atoms. The number of aromatic nitrogens is 5. The SMILES string of the molecule is COc1ccc(-c2c[nH]c3c(c(C)cc4ccoc43)c2=O)cc1.COc1ccc(-c2c[nH]c3c4c(cc(C)c3c2=O)CCO4)cc1.COc1ccc(-c2cn(COP(=O)(O)O)c3c4c(cc(C)c3c2=O)CCO4)cc1.COc1ccc(-c2cn(COP(=O)(OC(C)(C)C)OC(C)(C)C)c3c4c(cc(C)c3c2=O)CCO4)cc1.COc1ccc(-c2cn(COP(=O)([O-])[O-])c3c4c(cc(C)c3c2=O)CCO4)cc1.[Na+].[Na+]. The fraction of sp³-hybridized carbons (Fsp3) is 0.274. The minimum atomic E-state index is -5.21. The second kappa shape index (κ2) is 44.1. The summed E-state index contributed by atoms with van der Waals surface area (Å²) in [6, 6.07) is 48.0. The molecule has 0 radical (unpaired) electrons. The molecule has 32 nitrogen and oxygen atoms in total. The van der Waals surface area contributed by atoms with Crippen molar-refractivity contribution in [1.82, 2.24) is 23.7 Å². The Labute approximate surface area is 866 Å². The number of aromatic amines is 2. The zero-order valence-corrected chi connectivity index (χ0v) is 89.2. The number of phosphoric acid groups is 3. The number of nitrogens with zero attached hydrogens (tertiary/aromatic N) is 3. The molecule has 0 bridgehead atoms. The van der Waals surface area contributed by atoms with E-state index in [-0.39, 0.29) is 93.0 Å². The quantitative estimate of drug-likeness (QED) is 0.0383. The summed E-state index contributed by atoms with van der Waals surface area (Å²) in [5.41, 5.74) is 16.3. The second-order valence-corrected chi connectivity index (χ2v) is 40.0. The first-order valence-electron chi connectivity index (χ1n) is 45.2. The summed E-state index contributed by atoms with van der Waals surface area (Å²) < 4.78 is 122. The van der Waals surface area contributed by atoms with Crippen LogP contribution in [0.25, 0.3) is 121 Å². The van der Waals surface area contributed by atoms with E-state index in [1.165, 1.54) is 20.9 Å². The first-order chi connectivity index (χ1) is 67.1. The molecule has 0 saturated heterocycles. The van der Waals surface area contributed by atoms with E-state index in [2.05, 4.69) is 20.6 Å². The van der Waals surface area contributed by atoms with Crippen molar-refractivity contribution in [1.29, 1.82) is 0 Å². The van der Waals surface area contributed by atoms with E-state index < -0.39 is 48.1 Å². The van der Waals surface area contributed by atoms with Gasteiger partial charge in [0.1, 0.15) is 71.9 Å². The average molecular weight is 2020 g/mol. The third-order valence-corrected chi connectivity index (χ3v) is 27.1. The number of aryl methyl sites for hydroxylation is 5. The molecule has 6 aromatic heterocycles. The maximum Gasteiger partial charge on any atom is 1.00 e. The third-order valence-electron chi connectivity index (χ3n) is 24.2. The summed E-state index contributed by atoms with van der Waals surface area (Å²) in [7, 11) is -5.97. The van der Waals surface area contributed by atoms with Crippen LogP contribution in [0.2, 0.25) is 0 Å². The van der Waals surface area contributed by atoms with Gasteiger partial charge in [0.15, 0.2) is 32.7 Å². The maximum absolute atomic E-state index is 13.8. The van der Waals surface area contributed by atoms with E-state index in [0.29, 0.717) is 162 Å². The predicted octanol–water partition coefficient (Wildman–Crippen LogP) is 13.1. The molecule has 10 aromatic carbocycles. The van der Waals surface area contributed by atoms with Gasteiger partial charge < -0.3 is 99.4 Å². The van der Waals surface area contributed by atoms with Crippen LogP contribution in [0.3, 0.4) is 0 Å². The van der Waals surface area contributed by atoms with Gasteiger partial charge in [0.2, 0.25) is 0 Å². The number of benzene rings is 10. The van der Waals surface area contributed by atoms with Crippen molar-refractivity contribution in [2.45, 2.75) is 133 Å². The number of methoxy groups -OCH3 is 5. The molecule has 20 rings (SSSR count). The minimum Gasteiger partial charge on any atom is -0.790 e. The van der Waals surface area contributed by atoms with Crippen LogP contribution in [0, 0.1) is 34.6 Å². The van der Waals surface area contributed by atoms with Gasteiger partial charge in [0, 0.05) is 89.9 Å². The van der Waals surface area contributed by atoms with Crippen LogP contribution in [-0.4, -0.2) is 107 Å². The number of nitrogens with one attached hydrogen (secondary N) is 2. The molecule has 0 aliphatic carbocycles. The van der Waals surface area contributed by atoms with Gasteiger partial charge in [0.25, 0.3) is 0 Å².